The minimum Gasteiger partial charge on any atom is -0.464 e. The molecule has 1 aliphatic rings. The normalized spacial score (nSPS) is 22.3. The molecule has 0 aromatic heterocycles. The number of carbonyl (C=O) groups excluding carboxylic acids is 1. The summed E-state index contributed by atoms with van der Waals surface area (Å²) in [6, 6.07) is 7.96. The molecule has 1 N–H and O–H groups in total. The van der Waals surface area contributed by atoms with Crippen molar-refractivity contribution >= 4 is 27.6 Å². The van der Waals surface area contributed by atoms with Crippen LogP contribution in [0.2, 0.25) is 0 Å². The minimum absolute atomic E-state index is 0.269. The summed E-state index contributed by atoms with van der Waals surface area (Å²) < 4.78 is 6.13. The minimum atomic E-state index is -0.812. The molecule has 0 saturated heterocycles. The molecule has 1 aromatic rings. The van der Waals surface area contributed by atoms with E-state index in [9.17, 15) is 4.79 Å². The summed E-state index contributed by atoms with van der Waals surface area (Å²) in [5, 5.41) is 1.85. The number of nitrogens with zero attached hydrogens (tertiary/aromatic N) is 1. The molecule has 1 unspecified atom stereocenters. The van der Waals surface area contributed by atoms with E-state index in [1.807, 2.05) is 49.3 Å². The third-order valence-electron chi connectivity index (χ3n) is 3.03. The van der Waals surface area contributed by atoms with E-state index in [2.05, 4.69) is 21.4 Å². The number of ether oxygens (including phenoxy) is 1. The van der Waals surface area contributed by atoms with Crippen LogP contribution in [0.5, 0.6) is 0 Å². The monoisotopic (exact) mass is 324 g/mol. The van der Waals surface area contributed by atoms with E-state index in [1.54, 1.807) is 6.92 Å². The number of carbonyl (C=O) groups is 1. The first-order chi connectivity index (χ1) is 8.96. The summed E-state index contributed by atoms with van der Waals surface area (Å²) in [4.78, 5) is 12.0. The van der Waals surface area contributed by atoms with E-state index >= 15 is 0 Å². The fourth-order valence-corrected chi connectivity index (χ4v) is 2.36. The van der Waals surface area contributed by atoms with Gasteiger partial charge in [0.05, 0.1) is 12.3 Å². The third kappa shape index (κ3) is 2.82. The lowest BCUT2D eigenvalue weighted by Crippen LogP contribution is -2.49. The lowest BCUT2D eigenvalue weighted by molar-refractivity contribution is -0.149. The third-order valence-corrected chi connectivity index (χ3v) is 3.55. The van der Waals surface area contributed by atoms with Crippen LogP contribution in [0.25, 0.3) is 5.70 Å². The van der Waals surface area contributed by atoms with Crippen LogP contribution in [0.4, 0.5) is 0 Å². The van der Waals surface area contributed by atoms with E-state index in [0.29, 0.717) is 6.61 Å². The van der Waals surface area contributed by atoms with Crippen molar-refractivity contribution in [1.29, 1.82) is 0 Å². The van der Waals surface area contributed by atoms with Crippen molar-refractivity contribution in [3.8, 4) is 0 Å². The van der Waals surface area contributed by atoms with Gasteiger partial charge in [0.15, 0.2) is 5.54 Å². The molecular formula is C14H17BrN2O2. The zero-order chi connectivity index (χ0) is 14.0. The highest BCUT2D eigenvalue weighted by Gasteiger charge is 2.39. The van der Waals surface area contributed by atoms with Gasteiger partial charge in [0, 0.05) is 11.5 Å². The van der Waals surface area contributed by atoms with Crippen LogP contribution < -0.4 is 5.43 Å². The maximum absolute atomic E-state index is 12.0. The van der Waals surface area contributed by atoms with Gasteiger partial charge in [0.25, 0.3) is 0 Å². The standard InChI is InChI=1S/C14H17BrN2O2/c1-4-19-13(18)14(2)9-12(17(3)16-14)10-5-7-11(15)8-6-10/h5-9,16H,4H2,1-3H3. The average Bonchev–Trinajstić information content (AvgIpc) is 2.68. The molecule has 0 bridgehead atoms. The van der Waals surface area contributed by atoms with Crippen LogP contribution in [0.3, 0.4) is 0 Å². The van der Waals surface area contributed by atoms with Gasteiger partial charge in [-0.1, -0.05) is 28.1 Å². The molecule has 0 amide bonds. The first-order valence-corrected chi connectivity index (χ1v) is 6.93. The summed E-state index contributed by atoms with van der Waals surface area (Å²) in [6.45, 7) is 3.99. The number of rotatable bonds is 3. The first kappa shape index (κ1) is 14.1. The van der Waals surface area contributed by atoms with E-state index in [1.165, 1.54) is 0 Å². The number of hydrazine groups is 1. The van der Waals surface area contributed by atoms with Gasteiger partial charge in [-0.05, 0) is 37.6 Å². The lowest BCUT2D eigenvalue weighted by Gasteiger charge is -2.24. The van der Waals surface area contributed by atoms with E-state index in [4.69, 9.17) is 4.74 Å². The molecule has 2 rings (SSSR count). The van der Waals surface area contributed by atoms with Crippen LogP contribution in [0.15, 0.2) is 34.8 Å². The van der Waals surface area contributed by atoms with Crippen molar-refractivity contribution in [2.75, 3.05) is 13.7 Å². The molecular weight excluding hydrogens is 308 g/mol. The Morgan fingerprint density at radius 2 is 2.05 bits per heavy atom. The summed E-state index contributed by atoms with van der Waals surface area (Å²) in [5.41, 5.74) is 4.33. The quantitative estimate of drug-likeness (QED) is 0.868. The summed E-state index contributed by atoms with van der Waals surface area (Å²) >= 11 is 3.41. The molecule has 0 spiro atoms. The molecule has 0 radical (unpaired) electrons. The molecule has 0 aliphatic carbocycles. The molecule has 102 valence electrons. The van der Waals surface area contributed by atoms with Crippen molar-refractivity contribution in [2.45, 2.75) is 19.4 Å². The maximum Gasteiger partial charge on any atom is 0.331 e. The van der Waals surface area contributed by atoms with E-state index < -0.39 is 5.54 Å². The van der Waals surface area contributed by atoms with Crippen LogP contribution in [0.1, 0.15) is 19.4 Å². The second-order valence-corrected chi connectivity index (χ2v) is 5.55. The molecule has 19 heavy (non-hydrogen) atoms. The summed E-state index contributed by atoms with van der Waals surface area (Å²) in [6.07, 6.45) is 1.90. The average molecular weight is 325 g/mol. The number of hydrogen-bond acceptors (Lipinski definition) is 4. The molecule has 1 aromatic carbocycles. The number of hydrogen-bond donors (Lipinski definition) is 1. The lowest BCUT2D eigenvalue weighted by atomic mass is 10.0. The van der Waals surface area contributed by atoms with Gasteiger partial charge in [-0.15, -0.1) is 0 Å². The number of esters is 1. The Hall–Kier alpha value is -1.33. The number of nitrogens with one attached hydrogen (secondary N) is 1. The fourth-order valence-electron chi connectivity index (χ4n) is 2.09. The van der Waals surface area contributed by atoms with Crippen LogP contribution in [0, 0.1) is 0 Å². The van der Waals surface area contributed by atoms with Crippen molar-refractivity contribution in [1.82, 2.24) is 10.4 Å². The summed E-state index contributed by atoms with van der Waals surface area (Å²) in [5.74, 6) is -0.269. The van der Waals surface area contributed by atoms with E-state index in [-0.39, 0.29) is 5.97 Å². The molecule has 1 atom stereocenters. The Morgan fingerprint density at radius 1 is 1.42 bits per heavy atom. The zero-order valence-corrected chi connectivity index (χ0v) is 12.8. The van der Waals surface area contributed by atoms with Gasteiger partial charge in [-0.2, -0.15) is 0 Å². The summed E-state index contributed by atoms with van der Waals surface area (Å²) in [7, 11) is 1.89. The predicted octanol–water partition coefficient (Wildman–Crippen LogP) is 2.56. The topological polar surface area (TPSA) is 41.6 Å². The molecule has 1 heterocycles. The Bertz CT molecular complexity index is 513. The Labute approximate surface area is 121 Å². The highest BCUT2D eigenvalue weighted by molar-refractivity contribution is 9.10. The molecule has 5 heteroatoms. The Morgan fingerprint density at radius 3 is 2.63 bits per heavy atom. The van der Waals surface area contributed by atoms with Gasteiger partial charge >= 0.3 is 5.97 Å². The Kier molecular flexibility index (Phi) is 3.96. The smallest absolute Gasteiger partial charge is 0.331 e. The second kappa shape index (κ2) is 5.35. The first-order valence-electron chi connectivity index (χ1n) is 6.14. The second-order valence-electron chi connectivity index (χ2n) is 4.63. The van der Waals surface area contributed by atoms with Gasteiger partial charge in [0.1, 0.15) is 0 Å². The van der Waals surface area contributed by atoms with Crippen molar-refractivity contribution in [3.05, 3.63) is 40.4 Å². The highest BCUT2D eigenvalue weighted by Crippen LogP contribution is 2.29. The predicted molar refractivity (Wildman–Crippen MR) is 78.1 cm³/mol. The molecule has 4 nitrogen and oxygen atoms in total. The van der Waals surface area contributed by atoms with Crippen LogP contribution in [-0.4, -0.2) is 30.2 Å². The van der Waals surface area contributed by atoms with Crippen molar-refractivity contribution in [2.24, 2.45) is 0 Å². The van der Waals surface area contributed by atoms with Gasteiger partial charge in [0.2, 0.25) is 0 Å². The van der Waals surface area contributed by atoms with E-state index in [0.717, 1.165) is 15.7 Å². The van der Waals surface area contributed by atoms with Crippen molar-refractivity contribution < 1.29 is 9.53 Å². The van der Waals surface area contributed by atoms with Crippen LogP contribution >= 0.6 is 15.9 Å². The maximum atomic E-state index is 12.0. The SMILES string of the molecule is CCOC(=O)C1(C)C=C(c2ccc(Br)cc2)N(C)N1. The largest absolute Gasteiger partial charge is 0.464 e. The molecule has 0 saturated carbocycles. The molecule has 1 aliphatic heterocycles. The van der Waals surface area contributed by atoms with Gasteiger partial charge in [-0.3, -0.25) is 0 Å². The number of benzene rings is 1. The van der Waals surface area contributed by atoms with Crippen LogP contribution in [-0.2, 0) is 9.53 Å². The zero-order valence-electron chi connectivity index (χ0n) is 11.2. The Balaban J connectivity index is 2.30. The highest BCUT2D eigenvalue weighted by atomic mass is 79.9. The van der Waals surface area contributed by atoms with Gasteiger partial charge < -0.3 is 9.75 Å². The molecule has 0 fully saturated rings. The number of halogens is 1. The van der Waals surface area contributed by atoms with Gasteiger partial charge in [-0.25, -0.2) is 10.2 Å². The fraction of sp³-hybridized carbons (Fsp3) is 0.357. The van der Waals surface area contributed by atoms with Crippen molar-refractivity contribution in [3.63, 3.8) is 0 Å².